The van der Waals surface area contributed by atoms with Gasteiger partial charge in [-0.25, -0.2) is 8.78 Å². The monoisotopic (exact) mass is 492 g/mol. The molecule has 1 aromatic carbocycles. The normalized spacial score (nSPS) is 19.2. The minimum atomic E-state index is -2.56. The number of carbonyl (C=O) groups excluding carboxylic acids is 1. The van der Waals surface area contributed by atoms with E-state index >= 15 is 0 Å². The van der Waals surface area contributed by atoms with Gasteiger partial charge >= 0.3 is 0 Å². The van der Waals surface area contributed by atoms with E-state index in [4.69, 9.17) is 6.42 Å². The first-order valence-electron chi connectivity index (χ1n) is 12.4. The predicted octanol–water partition coefficient (Wildman–Crippen LogP) is 3.68. The van der Waals surface area contributed by atoms with E-state index in [9.17, 15) is 13.6 Å². The molecule has 0 saturated carbocycles. The molecule has 3 aromatic rings. The zero-order valence-corrected chi connectivity index (χ0v) is 20.1. The molecule has 2 saturated heterocycles. The lowest BCUT2D eigenvalue weighted by molar-refractivity contribution is -0.0566. The molecule has 36 heavy (non-hydrogen) atoms. The molecule has 2 fully saturated rings. The Hall–Kier alpha value is -3.35. The Labute approximate surface area is 209 Å². The molecular weight excluding hydrogens is 462 g/mol. The Morgan fingerprint density at radius 1 is 1.11 bits per heavy atom. The second-order valence-electron chi connectivity index (χ2n) is 9.77. The summed E-state index contributed by atoms with van der Waals surface area (Å²) in [6, 6.07) is 7.95. The summed E-state index contributed by atoms with van der Waals surface area (Å²) in [7, 11) is 0. The number of benzene rings is 1. The van der Waals surface area contributed by atoms with Crippen LogP contribution in [0.4, 0.5) is 8.78 Å². The smallest absolute Gasteiger partial charge is 0.272 e. The van der Waals surface area contributed by atoms with Crippen LogP contribution in [-0.2, 0) is 6.54 Å². The first-order valence-corrected chi connectivity index (χ1v) is 12.4. The minimum absolute atomic E-state index is 0.0945. The molecule has 0 atom stereocenters. The maximum atomic E-state index is 13.5. The van der Waals surface area contributed by atoms with E-state index in [-0.39, 0.29) is 24.8 Å². The Balaban J connectivity index is 1.29. The molecule has 0 aliphatic carbocycles. The fourth-order valence-electron chi connectivity index (χ4n) is 5.01. The molecule has 7 nitrogen and oxygen atoms in total. The number of fused-ring (bicyclic) bond motifs is 1. The zero-order valence-electron chi connectivity index (χ0n) is 20.1. The summed E-state index contributed by atoms with van der Waals surface area (Å²) in [5, 5.41) is 11.1. The third-order valence-electron chi connectivity index (χ3n) is 7.14. The van der Waals surface area contributed by atoms with Gasteiger partial charge in [-0.3, -0.25) is 24.7 Å². The summed E-state index contributed by atoms with van der Waals surface area (Å²) in [4.78, 5) is 21.7. The van der Waals surface area contributed by atoms with Gasteiger partial charge in [0, 0.05) is 75.0 Å². The molecule has 9 heteroatoms. The van der Waals surface area contributed by atoms with Crippen LogP contribution < -0.4 is 5.32 Å². The van der Waals surface area contributed by atoms with E-state index in [2.05, 4.69) is 31.3 Å². The Morgan fingerprint density at radius 3 is 2.64 bits per heavy atom. The lowest BCUT2D eigenvalue weighted by Gasteiger charge is -2.31. The molecule has 2 aromatic heterocycles. The topological polar surface area (TPSA) is 77.1 Å². The van der Waals surface area contributed by atoms with Crippen LogP contribution in [0.1, 0.15) is 41.7 Å². The summed E-state index contributed by atoms with van der Waals surface area (Å²) < 4.78 is 27.0. The standard InChI is InChI=1S/C27H30F2N6O/c1-2-9-34-10-5-22(6-11-34)31-26(36)25-23-15-20(3-4-24(23)32-33-25)21-14-19(16-30-17-21)18-35-12-7-27(28,29)8-13-35/h1,3-4,14-17,22H,5-13,18H2,(H,31,36)(H,32,33). The van der Waals surface area contributed by atoms with Gasteiger partial charge in [-0.05, 0) is 42.2 Å². The van der Waals surface area contributed by atoms with Crippen LogP contribution in [0, 0.1) is 12.3 Å². The number of H-pyrrole nitrogens is 1. The summed E-state index contributed by atoms with van der Waals surface area (Å²) in [5.74, 6) is -0.0764. The van der Waals surface area contributed by atoms with E-state index in [1.807, 2.05) is 29.2 Å². The van der Waals surface area contributed by atoms with Crippen LogP contribution >= 0.6 is 0 Å². The number of pyridine rings is 1. The van der Waals surface area contributed by atoms with Crippen molar-refractivity contribution in [3.05, 3.63) is 47.9 Å². The Morgan fingerprint density at radius 2 is 1.89 bits per heavy atom. The molecule has 188 valence electrons. The third kappa shape index (κ3) is 5.55. The van der Waals surface area contributed by atoms with Gasteiger partial charge in [0.05, 0.1) is 12.1 Å². The second kappa shape index (κ2) is 10.3. The van der Waals surface area contributed by atoms with E-state index < -0.39 is 5.92 Å². The van der Waals surface area contributed by atoms with Gasteiger partial charge in [0.1, 0.15) is 0 Å². The van der Waals surface area contributed by atoms with E-state index in [1.165, 1.54) is 0 Å². The number of aromatic amines is 1. The number of halogens is 2. The largest absolute Gasteiger partial charge is 0.348 e. The van der Waals surface area contributed by atoms with Crippen LogP contribution in [0.3, 0.4) is 0 Å². The number of nitrogens with zero attached hydrogens (tertiary/aromatic N) is 4. The number of hydrogen-bond donors (Lipinski definition) is 2. The number of terminal acetylenes is 1. The summed E-state index contributed by atoms with van der Waals surface area (Å²) in [5.41, 5.74) is 3.95. The van der Waals surface area contributed by atoms with E-state index in [0.717, 1.165) is 53.5 Å². The van der Waals surface area contributed by atoms with Gasteiger partial charge in [0.25, 0.3) is 11.8 Å². The SMILES string of the molecule is C#CCN1CCC(NC(=O)c2n[nH]c3ccc(-c4cncc(CN5CCC(F)(F)CC5)c4)cc23)CC1. The quantitative estimate of drug-likeness (QED) is 0.514. The number of nitrogens with one attached hydrogen (secondary N) is 2. The molecule has 2 aliphatic heterocycles. The van der Waals surface area contributed by atoms with Crippen LogP contribution in [0.15, 0.2) is 36.7 Å². The molecule has 2 N–H and O–H groups in total. The molecule has 2 aliphatic rings. The Kier molecular flexibility index (Phi) is 6.99. The number of likely N-dealkylation sites (tertiary alicyclic amines) is 2. The Bertz CT molecular complexity index is 1260. The fraction of sp³-hybridized carbons (Fsp3) is 0.444. The molecule has 1 amide bonds. The number of carbonyl (C=O) groups is 1. The first-order chi connectivity index (χ1) is 17.4. The number of aromatic nitrogens is 3. The summed E-state index contributed by atoms with van der Waals surface area (Å²) >= 11 is 0. The lowest BCUT2D eigenvalue weighted by atomic mass is 10.0. The van der Waals surface area contributed by atoms with Gasteiger partial charge in [-0.1, -0.05) is 12.0 Å². The maximum Gasteiger partial charge on any atom is 0.272 e. The van der Waals surface area contributed by atoms with Crippen LogP contribution in [0.2, 0.25) is 0 Å². The highest BCUT2D eigenvalue weighted by Gasteiger charge is 2.33. The highest BCUT2D eigenvalue weighted by molar-refractivity contribution is 6.05. The predicted molar refractivity (Wildman–Crippen MR) is 135 cm³/mol. The number of amides is 1. The van der Waals surface area contributed by atoms with Crippen molar-refractivity contribution in [3.63, 3.8) is 0 Å². The highest BCUT2D eigenvalue weighted by atomic mass is 19.3. The van der Waals surface area contributed by atoms with Gasteiger partial charge in [-0.15, -0.1) is 6.42 Å². The van der Waals surface area contributed by atoms with Crippen molar-refractivity contribution >= 4 is 16.8 Å². The van der Waals surface area contributed by atoms with Crippen molar-refractivity contribution in [1.29, 1.82) is 0 Å². The molecule has 5 rings (SSSR count). The van der Waals surface area contributed by atoms with E-state index in [1.54, 1.807) is 12.4 Å². The van der Waals surface area contributed by atoms with Gasteiger partial charge < -0.3 is 5.32 Å². The summed E-state index contributed by atoms with van der Waals surface area (Å²) in [6.07, 6.45) is 10.5. The second-order valence-corrected chi connectivity index (χ2v) is 9.77. The molecule has 0 unspecified atom stereocenters. The highest BCUT2D eigenvalue weighted by Crippen LogP contribution is 2.29. The van der Waals surface area contributed by atoms with Crippen molar-refractivity contribution in [2.45, 2.75) is 44.2 Å². The van der Waals surface area contributed by atoms with Gasteiger partial charge in [0.2, 0.25) is 0 Å². The number of alkyl halides is 2. The summed E-state index contributed by atoms with van der Waals surface area (Å²) in [6.45, 7) is 3.70. The molecular formula is C27H30F2N6O. The van der Waals surface area contributed by atoms with Crippen molar-refractivity contribution in [3.8, 4) is 23.5 Å². The maximum absolute atomic E-state index is 13.5. The van der Waals surface area contributed by atoms with Crippen LogP contribution in [0.25, 0.3) is 22.0 Å². The molecule has 0 radical (unpaired) electrons. The molecule has 4 heterocycles. The van der Waals surface area contributed by atoms with Crippen molar-refractivity contribution < 1.29 is 13.6 Å². The molecule has 0 bridgehead atoms. The van der Waals surface area contributed by atoms with Crippen LogP contribution in [0.5, 0.6) is 0 Å². The number of rotatable bonds is 6. The number of hydrogen-bond acceptors (Lipinski definition) is 5. The van der Waals surface area contributed by atoms with Crippen LogP contribution in [-0.4, -0.2) is 75.6 Å². The third-order valence-corrected chi connectivity index (χ3v) is 7.14. The first kappa shape index (κ1) is 24.3. The molecule has 0 spiro atoms. The van der Waals surface area contributed by atoms with E-state index in [0.29, 0.717) is 31.9 Å². The fourth-order valence-corrected chi connectivity index (χ4v) is 5.01. The lowest BCUT2D eigenvalue weighted by Crippen LogP contribution is -2.44. The minimum Gasteiger partial charge on any atom is -0.348 e. The number of piperidine rings is 2. The van der Waals surface area contributed by atoms with Gasteiger partial charge in [0.15, 0.2) is 5.69 Å². The average Bonchev–Trinajstić information content (AvgIpc) is 3.30. The van der Waals surface area contributed by atoms with Crippen molar-refractivity contribution in [2.24, 2.45) is 0 Å². The van der Waals surface area contributed by atoms with Gasteiger partial charge in [-0.2, -0.15) is 5.10 Å². The average molecular weight is 493 g/mol. The van der Waals surface area contributed by atoms with Crippen molar-refractivity contribution in [1.82, 2.24) is 30.3 Å². The zero-order chi connectivity index (χ0) is 25.1. The van der Waals surface area contributed by atoms with Crippen molar-refractivity contribution in [2.75, 3.05) is 32.7 Å².